The molecule has 0 spiro atoms. The van der Waals surface area contributed by atoms with Gasteiger partial charge in [0.15, 0.2) is 0 Å². The molecular weight excluding hydrogens is 245 g/mol. The zero-order chi connectivity index (χ0) is 13.9. The van der Waals surface area contributed by atoms with Crippen LogP contribution in [0.3, 0.4) is 0 Å². The van der Waals surface area contributed by atoms with Crippen LogP contribution in [0.25, 0.3) is 0 Å². The fourth-order valence-electron chi connectivity index (χ4n) is 1.39. The molecule has 0 fully saturated rings. The van der Waals surface area contributed by atoms with Gasteiger partial charge >= 0.3 is 6.18 Å². The summed E-state index contributed by atoms with van der Waals surface area (Å²) in [5.74, 6) is -0.604. The molecule has 100 valence electrons. The van der Waals surface area contributed by atoms with Gasteiger partial charge in [0.25, 0.3) is 5.91 Å². The Bertz CT molecular complexity index is 441. The smallest absolute Gasteiger partial charge is 0.399 e. The van der Waals surface area contributed by atoms with Crippen LogP contribution in [-0.2, 0) is 6.18 Å². The first-order valence-corrected chi connectivity index (χ1v) is 5.46. The molecule has 0 aliphatic rings. The molecule has 0 heterocycles. The number of benzene rings is 1. The van der Waals surface area contributed by atoms with Crippen molar-refractivity contribution in [1.82, 2.24) is 5.32 Å². The second-order valence-electron chi connectivity index (χ2n) is 4.41. The number of carbonyl (C=O) groups is 1. The number of rotatable bonds is 3. The minimum Gasteiger partial charge on any atom is -0.399 e. The van der Waals surface area contributed by atoms with Gasteiger partial charge in [-0.3, -0.25) is 4.79 Å². The molecule has 0 atom stereocenters. The summed E-state index contributed by atoms with van der Waals surface area (Å²) >= 11 is 0. The predicted molar refractivity (Wildman–Crippen MR) is 63.0 cm³/mol. The number of nitrogens with two attached hydrogens (primary N) is 1. The van der Waals surface area contributed by atoms with E-state index in [0.717, 1.165) is 18.2 Å². The summed E-state index contributed by atoms with van der Waals surface area (Å²) in [7, 11) is 0. The molecule has 3 nitrogen and oxygen atoms in total. The second kappa shape index (κ2) is 5.29. The molecule has 0 bridgehead atoms. The van der Waals surface area contributed by atoms with Gasteiger partial charge in [-0.15, -0.1) is 0 Å². The monoisotopic (exact) mass is 260 g/mol. The molecule has 0 aromatic heterocycles. The van der Waals surface area contributed by atoms with Gasteiger partial charge in [0.2, 0.25) is 0 Å². The maximum absolute atomic E-state index is 12.7. The lowest BCUT2D eigenvalue weighted by Crippen LogP contribution is -2.29. The number of nitrogens with one attached hydrogen (secondary N) is 1. The topological polar surface area (TPSA) is 55.1 Å². The number of hydrogen-bond donors (Lipinski definition) is 2. The van der Waals surface area contributed by atoms with Gasteiger partial charge in [-0.05, 0) is 24.1 Å². The Morgan fingerprint density at radius 1 is 1.39 bits per heavy atom. The van der Waals surface area contributed by atoms with Crippen LogP contribution in [0.4, 0.5) is 18.9 Å². The maximum atomic E-state index is 12.7. The number of amides is 1. The Hall–Kier alpha value is -1.72. The van der Waals surface area contributed by atoms with E-state index in [1.165, 1.54) is 0 Å². The third-order valence-electron chi connectivity index (χ3n) is 2.26. The van der Waals surface area contributed by atoms with Crippen molar-refractivity contribution in [3.8, 4) is 0 Å². The van der Waals surface area contributed by atoms with E-state index in [9.17, 15) is 18.0 Å². The normalized spacial score (nSPS) is 11.7. The average molecular weight is 260 g/mol. The molecule has 1 rings (SSSR count). The van der Waals surface area contributed by atoms with Crippen LogP contribution in [0, 0.1) is 5.92 Å². The standard InChI is InChI=1S/C12H15F3N2O/c1-7(2)6-17-11(18)9-5-8(16)3-4-10(9)12(13,14)15/h3-5,7H,6,16H2,1-2H3,(H,17,18). The van der Waals surface area contributed by atoms with E-state index in [4.69, 9.17) is 5.73 Å². The number of nitrogen functional groups attached to an aromatic ring is 1. The van der Waals surface area contributed by atoms with Crippen molar-refractivity contribution < 1.29 is 18.0 Å². The van der Waals surface area contributed by atoms with Crippen LogP contribution in [0.15, 0.2) is 18.2 Å². The molecule has 0 unspecified atom stereocenters. The molecule has 18 heavy (non-hydrogen) atoms. The predicted octanol–water partition coefficient (Wildman–Crippen LogP) is 2.67. The minimum absolute atomic E-state index is 0.123. The third kappa shape index (κ3) is 3.65. The van der Waals surface area contributed by atoms with E-state index in [1.807, 2.05) is 13.8 Å². The highest BCUT2D eigenvalue weighted by Gasteiger charge is 2.35. The molecular formula is C12H15F3N2O. The zero-order valence-electron chi connectivity index (χ0n) is 10.1. The van der Waals surface area contributed by atoms with E-state index in [2.05, 4.69) is 5.32 Å². The Morgan fingerprint density at radius 3 is 2.50 bits per heavy atom. The van der Waals surface area contributed by atoms with Crippen LogP contribution < -0.4 is 11.1 Å². The number of halogens is 3. The Balaban J connectivity index is 3.06. The van der Waals surface area contributed by atoms with E-state index in [1.54, 1.807) is 0 Å². The Labute approximate surface area is 103 Å². The summed E-state index contributed by atoms with van der Waals surface area (Å²) in [5.41, 5.74) is 4.12. The lowest BCUT2D eigenvalue weighted by atomic mass is 10.0. The van der Waals surface area contributed by atoms with Crippen molar-refractivity contribution in [2.24, 2.45) is 5.92 Å². The summed E-state index contributed by atoms with van der Waals surface area (Å²) in [6.07, 6.45) is -4.57. The first-order chi connectivity index (χ1) is 8.21. The maximum Gasteiger partial charge on any atom is 0.417 e. The first-order valence-electron chi connectivity index (χ1n) is 5.46. The number of alkyl halides is 3. The zero-order valence-corrected chi connectivity index (χ0v) is 10.1. The summed E-state index contributed by atoms with van der Waals surface area (Å²) in [5, 5.41) is 2.44. The molecule has 1 aromatic carbocycles. The number of anilines is 1. The summed E-state index contributed by atoms with van der Waals surface area (Å²) in [6.45, 7) is 4.01. The van der Waals surface area contributed by atoms with Crippen LogP contribution >= 0.6 is 0 Å². The van der Waals surface area contributed by atoms with Crippen molar-refractivity contribution in [2.75, 3.05) is 12.3 Å². The third-order valence-corrected chi connectivity index (χ3v) is 2.26. The van der Waals surface area contributed by atoms with E-state index in [0.29, 0.717) is 6.54 Å². The summed E-state index contributed by atoms with van der Waals surface area (Å²) in [6, 6.07) is 2.99. The van der Waals surface area contributed by atoms with Crippen molar-refractivity contribution in [1.29, 1.82) is 0 Å². The van der Waals surface area contributed by atoms with Gasteiger partial charge in [-0.2, -0.15) is 13.2 Å². The van der Waals surface area contributed by atoms with Crippen molar-refractivity contribution in [3.05, 3.63) is 29.3 Å². The van der Waals surface area contributed by atoms with Crippen molar-refractivity contribution >= 4 is 11.6 Å². The highest BCUT2D eigenvalue weighted by Crippen LogP contribution is 2.32. The van der Waals surface area contributed by atoms with Gasteiger partial charge < -0.3 is 11.1 Å². The van der Waals surface area contributed by atoms with E-state index in [-0.39, 0.29) is 11.6 Å². The number of carbonyl (C=O) groups excluding carboxylic acids is 1. The van der Waals surface area contributed by atoms with Crippen LogP contribution in [0.5, 0.6) is 0 Å². The fraction of sp³-hybridized carbons (Fsp3) is 0.417. The molecule has 0 radical (unpaired) electrons. The molecule has 0 aliphatic heterocycles. The molecule has 0 aliphatic carbocycles. The average Bonchev–Trinajstić information content (AvgIpc) is 2.23. The SMILES string of the molecule is CC(C)CNC(=O)c1cc(N)ccc1C(F)(F)F. The van der Waals surface area contributed by atoms with Crippen molar-refractivity contribution in [3.63, 3.8) is 0 Å². The number of hydrogen-bond acceptors (Lipinski definition) is 2. The molecule has 1 aromatic rings. The van der Waals surface area contributed by atoms with Crippen LogP contribution in [0.2, 0.25) is 0 Å². The highest BCUT2D eigenvalue weighted by atomic mass is 19.4. The van der Waals surface area contributed by atoms with Gasteiger partial charge in [0.1, 0.15) is 0 Å². The van der Waals surface area contributed by atoms with Gasteiger partial charge in [0, 0.05) is 12.2 Å². The molecule has 1 amide bonds. The minimum atomic E-state index is -4.57. The van der Waals surface area contributed by atoms with Crippen molar-refractivity contribution in [2.45, 2.75) is 20.0 Å². The molecule has 0 saturated carbocycles. The Morgan fingerprint density at radius 2 is 2.00 bits per heavy atom. The second-order valence-corrected chi connectivity index (χ2v) is 4.41. The van der Waals surface area contributed by atoms with E-state index >= 15 is 0 Å². The molecule has 6 heteroatoms. The largest absolute Gasteiger partial charge is 0.417 e. The van der Waals surface area contributed by atoms with Crippen LogP contribution in [-0.4, -0.2) is 12.5 Å². The van der Waals surface area contributed by atoms with E-state index < -0.39 is 23.2 Å². The lowest BCUT2D eigenvalue weighted by Gasteiger charge is -2.14. The molecule has 3 N–H and O–H groups in total. The van der Waals surface area contributed by atoms with Gasteiger partial charge in [-0.1, -0.05) is 13.8 Å². The van der Waals surface area contributed by atoms with Gasteiger partial charge in [0.05, 0.1) is 11.1 Å². The van der Waals surface area contributed by atoms with Crippen LogP contribution in [0.1, 0.15) is 29.8 Å². The fourth-order valence-corrected chi connectivity index (χ4v) is 1.39. The first kappa shape index (κ1) is 14.3. The summed E-state index contributed by atoms with van der Waals surface area (Å²) < 4.78 is 38.2. The van der Waals surface area contributed by atoms with Gasteiger partial charge in [-0.25, -0.2) is 0 Å². The lowest BCUT2D eigenvalue weighted by molar-refractivity contribution is -0.137. The molecule has 0 saturated heterocycles. The quantitative estimate of drug-likeness (QED) is 0.821. The Kier molecular flexibility index (Phi) is 4.21. The highest BCUT2D eigenvalue weighted by molar-refractivity contribution is 5.96. The summed E-state index contributed by atoms with van der Waals surface area (Å²) in [4.78, 5) is 11.7.